The third kappa shape index (κ3) is 4.96. The molecule has 2 aromatic carbocycles. The van der Waals surface area contributed by atoms with Crippen LogP contribution in [0.15, 0.2) is 60.9 Å². The number of hydrogen-bond acceptors (Lipinski definition) is 4. The number of pyridine rings is 1. The van der Waals surface area contributed by atoms with Gasteiger partial charge in [-0.15, -0.1) is 0 Å². The summed E-state index contributed by atoms with van der Waals surface area (Å²) in [6.45, 7) is 3.25. The van der Waals surface area contributed by atoms with Gasteiger partial charge in [0.15, 0.2) is 0 Å². The first-order chi connectivity index (χ1) is 12.7. The molecule has 0 radical (unpaired) electrons. The van der Waals surface area contributed by atoms with Gasteiger partial charge in [0.2, 0.25) is 0 Å². The third-order valence-corrected chi connectivity index (χ3v) is 3.95. The average molecular weight is 350 g/mol. The number of unbranched alkanes of at least 4 members (excludes halogenated alkanes) is 1. The smallest absolute Gasteiger partial charge is 0.412 e. The van der Waals surface area contributed by atoms with E-state index in [1.165, 1.54) is 0 Å². The highest BCUT2D eigenvalue weighted by Crippen LogP contribution is 2.20. The molecule has 3 aromatic rings. The Hall–Kier alpha value is -3.08. The van der Waals surface area contributed by atoms with Crippen molar-refractivity contribution in [2.45, 2.75) is 26.3 Å². The van der Waals surface area contributed by atoms with Crippen LogP contribution in [0.1, 0.15) is 25.3 Å². The van der Waals surface area contributed by atoms with Crippen LogP contribution in [0, 0.1) is 0 Å². The number of carbonyl (C=O) groups is 1. The first-order valence-corrected chi connectivity index (χ1v) is 8.76. The molecule has 0 saturated carbocycles. The molecule has 0 bridgehead atoms. The van der Waals surface area contributed by atoms with Crippen molar-refractivity contribution >= 4 is 16.9 Å². The fourth-order valence-electron chi connectivity index (χ4n) is 2.48. The molecule has 0 saturated heterocycles. The van der Waals surface area contributed by atoms with Gasteiger partial charge in [-0.05, 0) is 47.7 Å². The summed E-state index contributed by atoms with van der Waals surface area (Å²) < 4.78 is 11.0. The number of carbonyl (C=O) groups excluding carboxylic acids is 1. The lowest BCUT2D eigenvalue weighted by atomic mass is 10.2. The van der Waals surface area contributed by atoms with Crippen molar-refractivity contribution in [3.63, 3.8) is 0 Å². The average Bonchev–Trinajstić information content (AvgIpc) is 2.67. The fraction of sp³-hybridized carbons (Fsp3) is 0.238. The van der Waals surface area contributed by atoms with Gasteiger partial charge in [0, 0.05) is 24.3 Å². The van der Waals surface area contributed by atoms with Crippen molar-refractivity contribution in [2.24, 2.45) is 0 Å². The number of nitrogens with one attached hydrogen (secondary N) is 1. The van der Waals surface area contributed by atoms with Crippen LogP contribution in [-0.4, -0.2) is 17.7 Å². The predicted octanol–water partition coefficient (Wildman–Crippen LogP) is 4.70. The second-order valence-electron chi connectivity index (χ2n) is 5.97. The van der Waals surface area contributed by atoms with Crippen molar-refractivity contribution in [3.05, 3.63) is 66.5 Å². The maximum atomic E-state index is 12.0. The lowest BCUT2D eigenvalue weighted by molar-refractivity contribution is 0.200. The zero-order valence-corrected chi connectivity index (χ0v) is 14.8. The molecule has 5 nitrogen and oxygen atoms in total. The number of ether oxygens (including phenoxy) is 2. The van der Waals surface area contributed by atoms with Crippen LogP contribution in [0.3, 0.4) is 0 Å². The summed E-state index contributed by atoms with van der Waals surface area (Å²) in [6, 6.07) is 15.1. The molecular formula is C21H22N2O3. The van der Waals surface area contributed by atoms with Crippen molar-refractivity contribution in [3.8, 4) is 11.5 Å². The van der Waals surface area contributed by atoms with E-state index < -0.39 is 6.09 Å². The Morgan fingerprint density at radius 2 is 1.85 bits per heavy atom. The van der Waals surface area contributed by atoms with Crippen molar-refractivity contribution in [1.82, 2.24) is 10.3 Å². The molecule has 1 N–H and O–H groups in total. The fourth-order valence-corrected chi connectivity index (χ4v) is 2.48. The van der Waals surface area contributed by atoms with Gasteiger partial charge in [-0.25, -0.2) is 4.79 Å². The van der Waals surface area contributed by atoms with Crippen LogP contribution >= 0.6 is 0 Å². The molecule has 134 valence electrons. The van der Waals surface area contributed by atoms with Gasteiger partial charge in [-0.1, -0.05) is 31.5 Å². The van der Waals surface area contributed by atoms with E-state index in [4.69, 9.17) is 9.47 Å². The minimum absolute atomic E-state index is 0.392. The predicted molar refractivity (Wildman–Crippen MR) is 101 cm³/mol. The minimum Gasteiger partial charge on any atom is -0.494 e. The first kappa shape index (κ1) is 17.7. The summed E-state index contributed by atoms with van der Waals surface area (Å²) in [5.74, 6) is 1.33. The van der Waals surface area contributed by atoms with Crippen molar-refractivity contribution in [2.75, 3.05) is 6.61 Å². The van der Waals surface area contributed by atoms with E-state index in [2.05, 4.69) is 17.2 Å². The summed E-state index contributed by atoms with van der Waals surface area (Å²) >= 11 is 0. The Bertz CT molecular complexity index is 863. The third-order valence-electron chi connectivity index (χ3n) is 3.95. The van der Waals surface area contributed by atoms with Crippen molar-refractivity contribution < 1.29 is 14.3 Å². The minimum atomic E-state index is -0.489. The van der Waals surface area contributed by atoms with Crippen LogP contribution < -0.4 is 14.8 Å². The molecule has 1 amide bonds. The van der Waals surface area contributed by atoms with Crippen LogP contribution in [-0.2, 0) is 6.54 Å². The molecular weight excluding hydrogens is 328 g/mol. The van der Waals surface area contributed by atoms with E-state index in [-0.39, 0.29) is 0 Å². The molecule has 0 aliphatic heterocycles. The van der Waals surface area contributed by atoms with Crippen LogP contribution in [0.2, 0.25) is 0 Å². The quantitative estimate of drug-likeness (QED) is 0.627. The monoisotopic (exact) mass is 350 g/mol. The standard InChI is InChI=1S/C21H22N2O3/c1-2-3-12-25-19-7-4-16(5-8-19)14-23-21(24)26-20-9-6-17-10-11-22-15-18(17)13-20/h4-11,13,15H,2-3,12,14H2,1H3,(H,23,24). The number of benzene rings is 2. The van der Waals surface area contributed by atoms with E-state index >= 15 is 0 Å². The van der Waals surface area contributed by atoms with Gasteiger partial charge in [-0.2, -0.15) is 0 Å². The summed E-state index contributed by atoms with van der Waals surface area (Å²) in [7, 11) is 0. The molecule has 0 fully saturated rings. The zero-order chi connectivity index (χ0) is 18.2. The van der Waals surface area contributed by atoms with Crippen LogP contribution in [0.4, 0.5) is 4.79 Å². The highest BCUT2D eigenvalue weighted by Gasteiger charge is 2.05. The van der Waals surface area contributed by atoms with Gasteiger partial charge in [0.1, 0.15) is 11.5 Å². The highest BCUT2D eigenvalue weighted by atomic mass is 16.6. The summed E-state index contributed by atoms with van der Waals surface area (Å²) in [4.78, 5) is 16.1. The molecule has 1 aromatic heterocycles. The number of aromatic nitrogens is 1. The van der Waals surface area contributed by atoms with E-state index in [9.17, 15) is 4.79 Å². The molecule has 26 heavy (non-hydrogen) atoms. The van der Waals surface area contributed by atoms with E-state index in [0.717, 1.165) is 41.5 Å². The zero-order valence-electron chi connectivity index (χ0n) is 14.8. The topological polar surface area (TPSA) is 60.5 Å². The van der Waals surface area contributed by atoms with Gasteiger partial charge in [-0.3, -0.25) is 4.98 Å². The van der Waals surface area contributed by atoms with Gasteiger partial charge in [0.05, 0.1) is 6.61 Å². The van der Waals surface area contributed by atoms with E-state index in [1.807, 2.05) is 36.4 Å². The normalized spacial score (nSPS) is 10.5. The lowest BCUT2D eigenvalue weighted by Crippen LogP contribution is -2.26. The largest absolute Gasteiger partial charge is 0.494 e. The van der Waals surface area contributed by atoms with E-state index in [0.29, 0.717) is 12.3 Å². The number of amides is 1. The molecule has 0 aliphatic rings. The molecule has 0 atom stereocenters. The van der Waals surface area contributed by atoms with Crippen LogP contribution in [0.5, 0.6) is 11.5 Å². The Morgan fingerprint density at radius 3 is 2.65 bits per heavy atom. The molecule has 5 heteroatoms. The number of fused-ring (bicyclic) bond motifs is 1. The molecule has 0 aliphatic carbocycles. The van der Waals surface area contributed by atoms with Crippen LogP contribution in [0.25, 0.3) is 10.8 Å². The second kappa shape index (κ2) is 8.85. The molecule has 0 spiro atoms. The SMILES string of the molecule is CCCCOc1ccc(CNC(=O)Oc2ccc3ccncc3c2)cc1. The molecule has 0 unspecified atom stereocenters. The highest BCUT2D eigenvalue weighted by molar-refractivity contribution is 5.83. The van der Waals surface area contributed by atoms with Gasteiger partial charge < -0.3 is 14.8 Å². The summed E-state index contributed by atoms with van der Waals surface area (Å²) in [5, 5.41) is 4.73. The number of nitrogens with zero attached hydrogens (tertiary/aromatic N) is 1. The van der Waals surface area contributed by atoms with Gasteiger partial charge in [0.25, 0.3) is 0 Å². The summed E-state index contributed by atoms with van der Waals surface area (Å²) in [6.07, 6.45) is 5.13. The maximum Gasteiger partial charge on any atom is 0.412 e. The molecule has 1 heterocycles. The summed E-state index contributed by atoms with van der Waals surface area (Å²) in [5.41, 5.74) is 0.979. The lowest BCUT2D eigenvalue weighted by Gasteiger charge is -2.09. The van der Waals surface area contributed by atoms with Gasteiger partial charge >= 0.3 is 6.09 Å². The Labute approximate surface area is 153 Å². The maximum absolute atomic E-state index is 12.0. The van der Waals surface area contributed by atoms with E-state index in [1.54, 1.807) is 24.5 Å². The molecule has 3 rings (SSSR count). The second-order valence-corrected chi connectivity index (χ2v) is 5.97. The Kier molecular flexibility index (Phi) is 6.04. The van der Waals surface area contributed by atoms with Crippen molar-refractivity contribution in [1.29, 1.82) is 0 Å². The first-order valence-electron chi connectivity index (χ1n) is 8.76. The number of rotatable bonds is 7. The Balaban J connectivity index is 1.50. The number of hydrogen-bond donors (Lipinski definition) is 1. The Morgan fingerprint density at radius 1 is 1.04 bits per heavy atom.